The van der Waals surface area contributed by atoms with Crippen LogP contribution < -0.4 is 15.4 Å². The lowest BCUT2D eigenvalue weighted by Gasteiger charge is -2.09. The smallest absolute Gasteiger partial charge is 0.258 e. The number of hydrogen-bond acceptors (Lipinski definition) is 3. The van der Waals surface area contributed by atoms with Crippen LogP contribution in [0.5, 0.6) is 5.75 Å². The molecule has 2 aromatic carbocycles. The molecule has 0 fully saturated rings. The van der Waals surface area contributed by atoms with Gasteiger partial charge in [-0.3, -0.25) is 9.59 Å². The number of aryl methyl sites for hydroxylation is 1. The summed E-state index contributed by atoms with van der Waals surface area (Å²) < 4.78 is 5.43. The Hall–Kier alpha value is -2.53. The first kappa shape index (κ1) is 17.8. The zero-order chi connectivity index (χ0) is 17.5. The van der Waals surface area contributed by atoms with Crippen LogP contribution in [0.15, 0.2) is 42.5 Å². The number of halogens is 1. The Bertz CT molecular complexity index is 730. The molecule has 0 saturated heterocycles. The van der Waals surface area contributed by atoms with E-state index in [1.165, 1.54) is 0 Å². The van der Waals surface area contributed by atoms with Crippen molar-refractivity contribution in [3.8, 4) is 5.75 Å². The second-order valence-corrected chi connectivity index (χ2v) is 5.66. The van der Waals surface area contributed by atoms with Crippen molar-refractivity contribution in [3.63, 3.8) is 0 Å². The molecule has 2 aromatic rings. The molecule has 0 spiro atoms. The number of carbonyl (C=O) groups excluding carboxylic acids is 2. The third kappa shape index (κ3) is 4.99. The van der Waals surface area contributed by atoms with Crippen LogP contribution in [0.1, 0.15) is 21.5 Å². The Labute approximate surface area is 146 Å². The SMILES string of the molecule is CNC(=O)c1ccc(CNC(=O)COc2ccc(Cl)c(C)c2)cc1. The van der Waals surface area contributed by atoms with E-state index < -0.39 is 0 Å². The Balaban J connectivity index is 1.80. The van der Waals surface area contributed by atoms with Gasteiger partial charge in [-0.2, -0.15) is 0 Å². The summed E-state index contributed by atoms with van der Waals surface area (Å²) in [6.45, 7) is 2.17. The highest BCUT2D eigenvalue weighted by Crippen LogP contribution is 2.20. The van der Waals surface area contributed by atoms with Crippen LogP contribution in [-0.2, 0) is 11.3 Å². The summed E-state index contributed by atoms with van der Waals surface area (Å²) in [5.74, 6) is 0.234. The second-order valence-electron chi connectivity index (χ2n) is 5.25. The van der Waals surface area contributed by atoms with Gasteiger partial charge in [0.25, 0.3) is 11.8 Å². The van der Waals surface area contributed by atoms with Gasteiger partial charge in [0.15, 0.2) is 6.61 Å². The summed E-state index contributed by atoms with van der Waals surface area (Å²) in [7, 11) is 1.58. The molecule has 0 aliphatic heterocycles. The second kappa shape index (κ2) is 8.36. The van der Waals surface area contributed by atoms with Crippen LogP contribution >= 0.6 is 11.6 Å². The van der Waals surface area contributed by atoms with Gasteiger partial charge in [0.05, 0.1) is 0 Å². The van der Waals surface area contributed by atoms with Gasteiger partial charge in [-0.05, 0) is 48.4 Å². The standard InChI is InChI=1S/C18H19ClN2O3/c1-12-9-15(7-8-16(12)19)24-11-17(22)21-10-13-3-5-14(6-4-13)18(23)20-2/h3-9H,10-11H2,1-2H3,(H,20,23)(H,21,22). The van der Waals surface area contributed by atoms with Crippen LogP contribution in [0.2, 0.25) is 5.02 Å². The Morgan fingerprint density at radius 3 is 2.46 bits per heavy atom. The number of ether oxygens (including phenoxy) is 1. The average Bonchev–Trinajstić information content (AvgIpc) is 2.60. The quantitative estimate of drug-likeness (QED) is 0.845. The van der Waals surface area contributed by atoms with E-state index in [-0.39, 0.29) is 18.4 Å². The van der Waals surface area contributed by atoms with Gasteiger partial charge < -0.3 is 15.4 Å². The van der Waals surface area contributed by atoms with Crippen molar-refractivity contribution in [1.82, 2.24) is 10.6 Å². The van der Waals surface area contributed by atoms with Gasteiger partial charge in [-0.25, -0.2) is 0 Å². The molecular weight excluding hydrogens is 328 g/mol. The molecule has 126 valence electrons. The summed E-state index contributed by atoms with van der Waals surface area (Å²) >= 11 is 5.94. The molecule has 6 heteroatoms. The minimum Gasteiger partial charge on any atom is -0.484 e. The van der Waals surface area contributed by atoms with Crippen molar-refractivity contribution >= 4 is 23.4 Å². The molecule has 0 aliphatic carbocycles. The number of rotatable bonds is 6. The van der Waals surface area contributed by atoms with Crippen molar-refractivity contribution < 1.29 is 14.3 Å². The predicted molar refractivity (Wildman–Crippen MR) is 93.4 cm³/mol. The molecule has 2 amide bonds. The summed E-state index contributed by atoms with van der Waals surface area (Å²) in [5, 5.41) is 5.98. The van der Waals surface area contributed by atoms with Crippen LogP contribution in [0, 0.1) is 6.92 Å². The van der Waals surface area contributed by atoms with E-state index in [1.54, 1.807) is 49.5 Å². The minimum atomic E-state index is -0.224. The summed E-state index contributed by atoms with van der Waals surface area (Å²) in [4.78, 5) is 23.3. The topological polar surface area (TPSA) is 67.4 Å². The third-order valence-corrected chi connectivity index (χ3v) is 3.86. The molecule has 0 heterocycles. The van der Waals surface area contributed by atoms with Crippen LogP contribution in [0.4, 0.5) is 0 Å². The zero-order valence-corrected chi connectivity index (χ0v) is 14.3. The average molecular weight is 347 g/mol. The first-order valence-corrected chi connectivity index (χ1v) is 7.84. The fraction of sp³-hybridized carbons (Fsp3) is 0.222. The van der Waals surface area contributed by atoms with Crippen LogP contribution in [0.3, 0.4) is 0 Å². The number of amides is 2. The largest absolute Gasteiger partial charge is 0.484 e. The summed E-state index contributed by atoms with van der Waals surface area (Å²) in [6.07, 6.45) is 0. The maximum atomic E-state index is 11.8. The Morgan fingerprint density at radius 2 is 1.83 bits per heavy atom. The maximum absolute atomic E-state index is 11.8. The first-order chi connectivity index (χ1) is 11.5. The molecule has 2 rings (SSSR count). The van der Waals surface area contributed by atoms with Gasteiger partial charge in [0, 0.05) is 24.2 Å². The van der Waals surface area contributed by atoms with Crippen molar-refractivity contribution in [2.24, 2.45) is 0 Å². The van der Waals surface area contributed by atoms with E-state index in [0.29, 0.717) is 22.9 Å². The summed E-state index contributed by atoms with van der Waals surface area (Å²) in [6, 6.07) is 12.3. The number of benzene rings is 2. The van der Waals surface area contributed by atoms with E-state index in [4.69, 9.17) is 16.3 Å². The molecule has 0 bridgehead atoms. The van der Waals surface area contributed by atoms with Gasteiger partial charge in [0.2, 0.25) is 0 Å². The highest BCUT2D eigenvalue weighted by Gasteiger charge is 2.06. The molecule has 0 aliphatic rings. The maximum Gasteiger partial charge on any atom is 0.258 e. The van der Waals surface area contributed by atoms with Crippen molar-refractivity contribution in [2.45, 2.75) is 13.5 Å². The van der Waals surface area contributed by atoms with E-state index in [2.05, 4.69) is 10.6 Å². The molecule has 0 atom stereocenters. The zero-order valence-electron chi connectivity index (χ0n) is 13.6. The molecule has 5 nitrogen and oxygen atoms in total. The van der Waals surface area contributed by atoms with E-state index in [9.17, 15) is 9.59 Å². The van der Waals surface area contributed by atoms with E-state index >= 15 is 0 Å². The lowest BCUT2D eigenvalue weighted by atomic mass is 10.1. The molecular formula is C18H19ClN2O3. The number of carbonyl (C=O) groups is 2. The molecule has 0 aromatic heterocycles. The van der Waals surface area contributed by atoms with E-state index in [0.717, 1.165) is 11.1 Å². The lowest BCUT2D eigenvalue weighted by molar-refractivity contribution is -0.123. The minimum absolute atomic E-state index is 0.0720. The van der Waals surface area contributed by atoms with Gasteiger partial charge in [-0.1, -0.05) is 23.7 Å². The normalized spacial score (nSPS) is 10.1. The molecule has 2 N–H and O–H groups in total. The molecule has 0 saturated carbocycles. The van der Waals surface area contributed by atoms with E-state index in [1.807, 2.05) is 6.92 Å². The number of hydrogen-bond donors (Lipinski definition) is 2. The molecule has 24 heavy (non-hydrogen) atoms. The van der Waals surface area contributed by atoms with Crippen LogP contribution in [0.25, 0.3) is 0 Å². The van der Waals surface area contributed by atoms with Gasteiger partial charge in [0.1, 0.15) is 5.75 Å². The van der Waals surface area contributed by atoms with Gasteiger partial charge >= 0.3 is 0 Å². The van der Waals surface area contributed by atoms with Crippen molar-refractivity contribution in [2.75, 3.05) is 13.7 Å². The first-order valence-electron chi connectivity index (χ1n) is 7.46. The highest BCUT2D eigenvalue weighted by molar-refractivity contribution is 6.31. The fourth-order valence-electron chi connectivity index (χ4n) is 2.03. The molecule has 0 unspecified atom stereocenters. The number of nitrogens with one attached hydrogen (secondary N) is 2. The summed E-state index contributed by atoms with van der Waals surface area (Å²) in [5.41, 5.74) is 2.37. The lowest BCUT2D eigenvalue weighted by Crippen LogP contribution is -2.28. The highest BCUT2D eigenvalue weighted by atomic mass is 35.5. The van der Waals surface area contributed by atoms with Crippen molar-refractivity contribution in [1.29, 1.82) is 0 Å². The Morgan fingerprint density at radius 1 is 1.12 bits per heavy atom. The Kier molecular flexibility index (Phi) is 6.21. The molecule has 0 radical (unpaired) electrons. The predicted octanol–water partition coefficient (Wildman–Crippen LogP) is 2.70. The third-order valence-electron chi connectivity index (χ3n) is 3.43. The van der Waals surface area contributed by atoms with Gasteiger partial charge in [-0.15, -0.1) is 0 Å². The monoisotopic (exact) mass is 346 g/mol. The fourth-order valence-corrected chi connectivity index (χ4v) is 2.14. The van der Waals surface area contributed by atoms with Crippen LogP contribution in [-0.4, -0.2) is 25.5 Å². The van der Waals surface area contributed by atoms with Crippen molar-refractivity contribution in [3.05, 3.63) is 64.2 Å².